The number of aromatic nitrogens is 2. The molecule has 0 unspecified atom stereocenters. The number of hydrogen-bond donors (Lipinski definition) is 2. The van der Waals surface area contributed by atoms with Crippen LogP contribution in [0.1, 0.15) is 11.3 Å². The topological polar surface area (TPSA) is 54.7 Å². The minimum absolute atomic E-state index is 0.267. The van der Waals surface area contributed by atoms with E-state index in [0.29, 0.717) is 6.54 Å². The van der Waals surface area contributed by atoms with Gasteiger partial charge in [-0.2, -0.15) is 5.10 Å². The molecule has 3 nitrogen and oxygen atoms in total. The van der Waals surface area contributed by atoms with Crippen LogP contribution in [-0.2, 0) is 6.54 Å². The lowest BCUT2D eigenvalue weighted by molar-refractivity contribution is 0.628. The summed E-state index contributed by atoms with van der Waals surface area (Å²) in [6.45, 7) is 2.30. The Hall–Kier alpha value is -1.68. The van der Waals surface area contributed by atoms with Gasteiger partial charge in [0.1, 0.15) is 5.82 Å². The van der Waals surface area contributed by atoms with Gasteiger partial charge in [0.25, 0.3) is 0 Å². The van der Waals surface area contributed by atoms with Gasteiger partial charge < -0.3 is 5.73 Å². The Balaban J connectivity index is 2.54. The van der Waals surface area contributed by atoms with E-state index in [-0.39, 0.29) is 5.82 Å². The fourth-order valence-corrected chi connectivity index (χ4v) is 1.58. The molecule has 0 saturated carbocycles. The highest BCUT2D eigenvalue weighted by Crippen LogP contribution is 2.23. The number of aromatic amines is 1. The van der Waals surface area contributed by atoms with E-state index in [0.717, 1.165) is 22.5 Å². The van der Waals surface area contributed by atoms with Crippen molar-refractivity contribution in [2.45, 2.75) is 13.5 Å². The normalized spacial score (nSPS) is 10.6. The van der Waals surface area contributed by atoms with Crippen LogP contribution in [0.5, 0.6) is 0 Å². The summed E-state index contributed by atoms with van der Waals surface area (Å²) in [6.07, 6.45) is 0. The molecule has 1 aromatic carbocycles. The zero-order valence-corrected chi connectivity index (χ0v) is 8.42. The highest BCUT2D eigenvalue weighted by atomic mass is 19.1. The summed E-state index contributed by atoms with van der Waals surface area (Å²) in [4.78, 5) is 0. The maximum atomic E-state index is 13.0. The number of benzene rings is 1. The van der Waals surface area contributed by atoms with E-state index < -0.39 is 0 Å². The Labute approximate surface area is 87.1 Å². The number of H-pyrrole nitrogens is 1. The molecule has 0 radical (unpaired) electrons. The Morgan fingerprint density at radius 2 is 2.27 bits per heavy atom. The second kappa shape index (κ2) is 3.82. The van der Waals surface area contributed by atoms with Crippen LogP contribution < -0.4 is 5.73 Å². The summed E-state index contributed by atoms with van der Waals surface area (Å²) in [7, 11) is 0. The maximum Gasteiger partial charge on any atom is 0.123 e. The lowest BCUT2D eigenvalue weighted by atomic mass is 10.1. The summed E-state index contributed by atoms with van der Waals surface area (Å²) in [6, 6.07) is 6.34. The van der Waals surface area contributed by atoms with Gasteiger partial charge in [0.15, 0.2) is 0 Å². The molecule has 0 fully saturated rings. The molecule has 0 aliphatic carbocycles. The molecule has 15 heavy (non-hydrogen) atoms. The molecule has 4 heteroatoms. The Bertz CT molecular complexity index is 476. The molecule has 0 aliphatic heterocycles. The number of nitrogens with zero attached hydrogens (tertiary/aromatic N) is 1. The third-order valence-corrected chi connectivity index (χ3v) is 2.38. The second-order valence-electron chi connectivity index (χ2n) is 3.39. The average Bonchev–Trinajstić information content (AvgIpc) is 2.59. The van der Waals surface area contributed by atoms with Crippen molar-refractivity contribution in [3.8, 4) is 11.3 Å². The van der Waals surface area contributed by atoms with Crippen LogP contribution in [0.3, 0.4) is 0 Å². The van der Waals surface area contributed by atoms with Crippen LogP contribution in [0, 0.1) is 12.7 Å². The van der Waals surface area contributed by atoms with Gasteiger partial charge in [-0.05, 0) is 19.1 Å². The van der Waals surface area contributed by atoms with E-state index >= 15 is 0 Å². The Morgan fingerprint density at radius 1 is 1.47 bits per heavy atom. The molecule has 0 bridgehead atoms. The number of rotatable bonds is 2. The second-order valence-corrected chi connectivity index (χ2v) is 3.39. The van der Waals surface area contributed by atoms with Crippen LogP contribution in [-0.4, -0.2) is 10.2 Å². The van der Waals surface area contributed by atoms with Crippen molar-refractivity contribution in [3.05, 3.63) is 41.3 Å². The molecular weight excluding hydrogens is 193 g/mol. The van der Waals surface area contributed by atoms with Gasteiger partial charge in [-0.15, -0.1) is 0 Å². The average molecular weight is 205 g/mol. The minimum atomic E-state index is -0.267. The summed E-state index contributed by atoms with van der Waals surface area (Å²) in [5, 5.41) is 6.98. The monoisotopic (exact) mass is 205 g/mol. The van der Waals surface area contributed by atoms with Gasteiger partial charge in [-0.1, -0.05) is 12.1 Å². The molecule has 0 aliphatic rings. The first-order valence-electron chi connectivity index (χ1n) is 4.72. The van der Waals surface area contributed by atoms with Gasteiger partial charge in [0.2, 0.25) is 0 Å². The first kappa shape index (κ1) is 9.86. The molecule has 1 aromatic heterocycles. The number of nitrogens with one attached hydrogen (secondary N) is 1. The van der Waals surface area contributed by atoms with Crippen molar-refractivity contribution in [1.29, 1.82) is 0 Å². The molecule has 0 amide bonds. The molecule has 78 valence electrons. The SMILES string of the molecule is Cc1[nH]nc(-c2cccc(F)c2)c1CN. The number of halogens is 1. The lowest BCUT2D eigenvalue weighted by Crippen LogP contribution is -1.98. The van der Waals surface area contributed by atoms with E-state index in [1.807, 2.05) is 13.0 Å². The van der Waals surface area contributed by atoms with E-state index in [4.69, 9.17) is 5.73 Å². The number of nitrogens with two attached hydrogens (primary N) is 1. The quantitative estimate of drug-likeness (QED) is 0.787. The molecule has 2 aromatic rings. The first-order valence-corrected chi connectivity index (χ1v) is 4.72. The molecule has 2 rings (SSSR count). The van der Waals surface area contributed by atoms with Crippen LogP contribution in [0.4, 0.5) is 4.39 Å². The first-order chi connectivity index (χ1) is 7.22. The van der Waals surface area contributed by atoms with Crippen molar-refractivity contribution in [3.63, 3.8) is 0 Å². The molecular formula is C11H12FN3. The standard InChI is InChI=1S/C11H12FN3/c1-7-10(6-13)11(15-14-7)8-3-2-4-9(12)5-8/h2-5H,6,13H2,1H3,(H,14,15). The van der Waals surface area contributed by atoms with Crippen molar-refractivity contribution in [1.82, 2.24) is 10.2 Å². The summed E-state index contributed by atoms with van der Waals surface area (Å²) >= 11 is 0. The van der Waals surface area contributed by atoms with Gasteiger partial charge >= 0.3 is 0 Å². The molecule has 0 atom stereocenters. The van der Waals surface area contributed by atoms with Gasteiger partial charge in [-0.3, -0.25) is 5.10 Å². The maximum absolute atomic E-state index is 13.0. The summed E-state index contributed by atoms with van der Waals surface area (Å²) in [5.41, 5.74) is 8.96. The zero-order valence-electron chi connectivity index (χ0n) is 8.42. The molecule has 0 saturated heterocycles. The van der Waals surface area contributed by atoms with E-state index in [2.05, 4.69) is 10.2 Å². The largest absolute Gasteiger partial charge is 0.326 e. The van der Waals surface area contributed by atoms with Crippen LogP contribution in [0.25, 0.3) is 11.3 Å². The molecule has 1 heterocycles. The van der Waals surface area contributed by atoms with E-state index in [9.17, 15) is 4.39 Å². The Kier molecular flexibility index (Phi) is 2.51. The van der Waals surface area contributed by atoms with E-state index in [1.165, 1.54) is 12.1 Å². The summed E-state index contributed by atoms with van der Waals surface area (Å²) < 4.78 is 13.0. The minimum Gasteiger partial charge on any atom is -0.326 e. The van der Waals surface area contributed by atoms with Crippen LogP contribution >= 0.6 is 0 Å². The number of aryl methyl sites for hydroxylation is 1. The van der Waals surface area contributed by atoms with Crippen molar-refractivity contribution < 1.29 is 4.39 Å². The van der Waals surface area contributed by atoms with Gasteiger partial charge in [0.05, 0.1) is 5.69 Å². The van der Waals surface area contributed by atoms with E-state index in [1.54, 1.807) is 6.07 Å². The number of hydrogen-bond acceptors (Lipinski definition) is 2. The van der Waals surface area contributed by atoms with Crippen molar-refractivity contribution in [2.75, 3.05) is 0 Å². The molecule has 0 spiro atoms. The fourth-order valence-electron chi connectivity index (χ4n) is 1.58. The smallest absolute Gasteiger partial charge is 0.123 e. The summed E-state index contributed by atoms with van der Waals surface area (Å²) in [5.74, 6) is -0.267. The molecule has 3 N–H and O–H groups in total. The highest BCUT2D eigenvalue weighted by Gasteiger charge is 2.10. The van der Waals surface area contributed by atoms with Crippen LogP contribution in [0.2, 0.25) is 0 Å². The fraction of sp³-hybridized carbons (Fsp3) is 0.182. The van der Waals surface area contributed by atoms with Crippen LogP contribution in [0.15, 0.2) is 24.3 Å². The van der Waals surface area contributed by atoms with Gasteiger partial charge in [0, 0.05) is 23.4 Å². The predicted molar refractivity (Wildman–Crippen MR) is 56.6 cm³/mol. The van der Waals surface area contributed by atoms with Gasteiger partial charge in [-0.25, -0.2) is 4.39 Å². The Morgan fingerprint density at radius 3 is 2.93 bits per heavy atom. The lowest BCUT2D eigenvalue weighted by Gasteiger charge is -2.00. The van der Waals surface area contributed by atoms with Crippen molar-refractivity contribution in [2.24, 2.45) is 5.73 Å². The highest BCUT2D eigenvalue weighted by molar-refractivity contribution is 5.63. The zero-order chi connectivity index (χ0) is 10.8. The van der Waals surface area contributed by atoms with Crippen molar-refractivity contribution >= 4 is 0 Å². The third kappa shape index (κ3) is 1.76. The predicted octanol–water partition coefficient (Wildman–Crippen LogP) is 1.98. The third-order valence-electron chi connectivity index (χ3n) is 2.38.